The molecule has 0 atom stereocenters. The zero-order valence-corrected chi connectivity index (χ0v) is 9.67. The van der Waals surface area contributed by atoms with Gasteiger partial charge in [0.1, 0.15) is 5.75 Å². The number of thioether (sulfide) groups is 1. The number of nitrogens with zero attached hydrogens (tertiary/aromatic N) is 1. The zero-order valence-electron chi connectivity index (χ0n) is 8.85. The van der Waals surface area contributed by atoms with Crippen LogP contribution in [0.25, 0.3) is 0 Å². The summed E-state index contributed by atoms with van der Waals surface area (Å²) in [4.78, 5) is 15.6. The van der Waals surface area contributed by atoms with Crippen LogP contribution in [0.5, 0.6) is 5.75 Å². The van der Waals surface area contributed by atoms with Gasteiger partial charge < -0.3 is 10.4 Å². The fourth-order valence-corrected chi connectivity index (χ4v) is 2.77. The van der Waals surface area contributed by atoms with Crippen molar-refractivity contribution in [2.45, 2.75) is 18.9 Å². The van der Waals surface area contributed by atoms with Crippen molar-refractivity contribution in [1.29, 1.82) is 0 Å². The van der Waals surface area contributed by atoms with E-state index in [-0.39, 0.29) is 17.7 Å². The van der Waals surface area contributed by atoms with Gasteiger partial charge in [0.05, 0.1) is 11.8 Å². The average Bonchev–Trinajstić information content (AvgIpc) is 2.30. The molecule has 0 bridgehead atoms. The molecule has 1 fully saturated rings. The highest BCUT2D eigenvalue weighted by Crippen LogP contribution is 2.17. The lowest BCUT2D eigenvalue weighted by Crippen LogP contribution is -2.37. The van der Waals surface area contributed by atoms with Gasteiger partial charge in [-0.25, -0.2) is 0 Å². The summed E-state index contributed by atoms with van der Waals surface area (Å²) in [5.74, 6) is 2.07. The molecule has 2 heterocycles. The van der Waals surface area contributed by atoms with Crippen LogP contribution in [-0.2, 0) is 0 Å². The molecule has 1 aliphatic heterocycles. The minimum Gasteiger partial charge on any atom is -0.506 e. The number of rotatable bonds is 2. The van der Waals surface area contributed by atoms with Crippen molar-refractivity contribution in [1.82, 2.24) is 10.3 Å². The van der Waals surface area contributed by atoms with Crippen LogP contribution in [0.2, 0.25) is 0 Å². The molecule has 0 aliphatic carbocycles. The molecule has 2 N–H and O–H groups in total. The number of amides is 1. The van der Waals surface area contributed by atoms with E-state index >= 15 is 0 Å². The third-order valence-corrected chi connectivity index (χ3v) is 3.59. The number of aromatic hydroxyl groups is 1. The highest BCUT2D eigenvalue weighted by atomic mass is 32.2. The molecule has 1 saturated heterocycles. The van der Waals surface area contributed by atoms with Crippen molar-refractivity contribution in [3.8, 4) is 5.75 Å². The number of pyridine rings is 1. The lowest BCUT2D eigenvalue weighted by atomic mass is 10.1. The Kier molecular flexibility index (Phi) is 3.66. The van der Waals surface area contributed by atoms with E-state index in [4.69, 9.17) is 0 Å². The molecular weight excluding hydrogens is 224 g/mol. The van der Waals surface area contributed by atoms with Gasteiger partial charge in [-0.2, -0.15) is 11.8 Å². The molecule has 86 valence electrons. The van der Waals surface area contributed by atoms with Crippen LogP contribution in [0.3, 0.4) is 0 Å². The molecule has 4 nitrogen and oxygen atoms in total. The lowest BCUT2D eigenvalue weighted by Gasteiger charge is -2.22. The minimum atomic E-state index is -0.152. The van der Waals surface area contributed by atoms with Crippen molar-refractivity contribution < 1.29 is 9.90 Å². The van der Waals surface area contributed by atoms with Gasteiger partial charge in [0.15, 0.2) is 0 Å². The van der Waals surface area contributed by atoms with E-state index in [9.17, 15) is 9.90 Å². The van der Waals surface area contributed by atoms with E-state index in [1.165, 1.54) is 18.5 Å². The summed E-state index contributed by atoms with van der Waals surface area (Å²) >= 11 is 1.92. The number of nitrogens with one attached hydrogen (secondary N) is 1. The Bertz CT molecular complexity index is 378. The van der Waals surface area contributed by atoms with Gasteiger partial charge in [-0.1, -0.05) is 0 Å². The number of carbonyl (C=O) groups is 1. The summed E-state index contributed by atoms with van der Waals surface area (Å²) < 4.78 is 0. The molecule has 0 unspecified atom stereocenters. The Hall–Kier alpha value is -1.23. The summed E-state index contributed by atoms with van der Waals surface area (Å²) in [5.41, 5.74) is 0.415. The molecule has 1 aromatic heterocycles. The highest BCUT2D eigenvalue weighted by molar-refractivity contribution is 7.99. The van der Waals surface area contributed by atoms with Crippen LogP contribution in [0.15, 0.2) is 18.5 Å². The second kappa shape index (κ2) is 5.21. The lowest BCUT2D eigenvalue weighted by molar-refractivity contribution is 0.0934. The summed E-state index contributed by atoms with van der Waals surface area (Å²) in [6, 6.07) is 1.69. The maximum absolute atomic E-state index is 11.8. The van der Waals surface area contributed by atoms with Crippen LogP contribution in [0.1, 0.15) is 23.2 Å². The molecule has 0 aromatic carbocycles. The summed E-state index contributed by atoms with van der Waals surface area (Å²) in [7, 11) is 0. The predicted octanol–water partition coefficient (Wildman–Crippen LogP) is 1.41. The topological polar surface area (TPSA) is 62.2 Å². The minimum absolute atomic E-state index is 0.0202. The monoisotopic (exact) mass is 238 g/mol. The Morgan fingerprint density at radius 1 is 1.44 bits per heavy atom. The maximum Gasteiger partial charge on any atom is 0.253 e. The summed E-state index contributed by atoms with van der Waals surface area (Å²) in [6.45, 7) is 0. The SMILES string of the molecule is O=C(NC1CCSCC1)c1cncc(O)c1. The molecule has 5 heteroatoms. The van der Waals surface area contributed by atoms with Crippen molar-refractivity contribution in [3.05, 3.63) is 24.0 Å². The van der Waals surface area contributed by atoms with Crippen LogP contribution in [0.4, 0.5) is 0 Å². The third kappa shape index (κ3) is 2.88. The van der Waals surface area contributed by atoms with E-state index in [1.807, 2.05) is 11.8 Å². The van der Waals surface area contributed by atoms with Gasteiger partial charge >= 0.3 is 0 Å². The molecule has 1 aliphatic rings. The van der Waals surface area contributed by atoms with Gasteiger partial charge in [-0.05, 0) is 30.4 Å². The third-order valence-electron chi connectivity index (χ3n) is 2.54. The van der Waals surface area contributed by atoms with E-state index in [2.05, 4.69) is 10.3 Å². The van der Waals surface area contributed by atoms with E-state index in [0.29, 0.717) is 5.56 Å². The second-order valence-corrected chi connectivity index (χ2v) is 5.02. The fraction of sp³-hybridized carbons (Fsp3) is 0.455. The van der Waals surface area contributed by atoms with Crippen LogP contribution in [-0.4, -0.2) is 33.5 Å². The number of hydrogen-bond acceptors (Lipinski definition) is 4. The number of aromatic nitrogens is 1. The summed E-state index contributed by atoms with van der Waals surface area (Å²) in [6.07, 6.45) is 4.81. The van der Waals surface area contributed by atoms with Crippen LogP contribution < -0.4 is 5.32 Å². The smallest absolute Gasteiger partial charge is 0.253 e. The Labute approximate surface area is 98.5 Å². The van der Waals surface area contributed by atoms with Crippen molar-refractivity contribution in [2.24, 2.45) is 0 Å². The largest absolute Gasteiger partial charge is 0.506 e. The molecule has 16 heavy (non-hydrogen) atoms. The molecular formula is C11H14N2O2S. The maximum atomic E-state index is 11.8. The molecule has 1 aromatic rings. The number of hydrogen-bond donors (Lipinski definition) is 2. The normalized spacial score (nSPS) is 17.0. The Morgan fingerprint density at radius 2 is 2.19 bits per heavy atom. The molecule has 0 spiro atoms. The first-order chi connectivity index (χ1) is 7.75. The Balaban J connectivity index is 1.97. The van der Waals surface area contributed by atoms with Gasteiger partial charge in [-0.15, -0.1) is 0 Å². The predicted molar refractivity (Wildman–Crippen MR) is 63.7 cm³/mol. The second-order valence-electron chi connectivity index (χ2n) is 3.79. The van der Waals surface area contributed by atoms with Crippen LogP contribution in [0, 0.1) is 0 Å². The first-order valence-electron chi connectivity index (χ1n) is 5.28. The summed E-state index contributed by atoms with van der Waals surface area (Å²) in [5, 5.41) is 12.2. The quantitative estimate of drug-likeness (QED) is 0.818. The van der Waals surface area contributed by atoms with Crippen molar-refractivity contribution >= 4 is 17.7 Å². The van der Waals surface area contributed by atoms with Crippen molar-refractivity contribution in [3.63, 3.8) is 0 Å². The number of carbonyl (C=O) groups excluding carboxylic acids is 1. The fourth-order valence-electron chi connectivity index (χ4n) is 1.66. The van der Waals surface area contributed by atoms with E-state index in [1.54, 1.807) is 0 Å². The molecule has 0 saturated carbocycles. The standard InChI is InChI=1S/C11H14N2O2S/c14-10-5-8(6-12-7-10)11(15)13-9-1-3-16-4-2-9/h5-7,9,14H,1-4H2,(H,13,15). The first kappa shape index (κ1) is 11.3. The van der Waals surface area contributed by atoms with Gasteiger partial charge in [0.2, 0.25) is 0 Å². The van der Waals surface area contributed by atoms with E-state index in [0.717, 1.165) is 24.3 Å². The van der Waals surface area contributed by atoms with Gasteiger partial charge in [0.25, 0.3) is 5.91 Å². The zero-order chi connectivity index (χ0) is 11.4. The van der Waals surface area contributed by atoms with Crippen molar-refractivity contribution in [2.75, 3.05) is 11.5 Å². The average molecular weight is 238 g/mol. The molecule has 2 rings (SSSR count). The first-order valence-corrected chi connectivity index (χ1v) is 6.44. The Morgan fingerprint density at radius 3 is 2.88 bits per heavy atom. The molecule has 0 radical (unpaired) electrons. The van der Waals surface area contributed by atoms with Crippen LogP contribution >= 0.6 is 11.8 Å². The highest BCUT2D eigenvalue weighted by Gasteiger charge is 2.17. The van der Waals surface area contributed by atoms with Gasteiger partial charge in [0, 0.05) is 12.2 Å². The molecule has 1 amide bonds. The van der Waals surface area contributed by atoms with Gasteiger partial charge in [-0.3, -0.25) is 9.78 Å². The van der Waals surface area contributed by atoms with E-state index < -0.39 is 0 Å².